The van der Waals surface area contributed by atoms with Crippen LogP contribution in [0.1, 0.15) is 161 Å². The van der Waals surface area contributed by atoms with Gasteiger partial charge in [0, 0.05) is 130 Å². The van der Waals surface area contributed by atoms with E-state index in [1.54, 1.807) is 10.8 Å². The summed E-state index contributed by atoms with van der Waals surface area (Å²) < 4.78 is 45.0. The Morgan fingerprint density at radius 3 is 2.16 bits per heavy atom. The molecule has 3 N–H and O–H groups in total. The number of aromatic nitrogens is 2. The standard InChI is InChI=1S/C38H51F3N5.C20H35N3.C7H13N.C5H12N2.Na/c1-5-7-16-37(3,4)24-33-31-22-28(43-17-10-8-11-18-43)14-15-35(31)46(27-38(39,40)41)36(33)32-23-30(25-42-34(32)6-2)45-21-20-44-19-12-9-13-29(44)26-45;1-5-16(2)21-17(3)19(18-9-6-7-10-18)23-12-8-11-20(15-23)13-22(4)14-20;1-3-8-6(2)7-4-5-7;1-7-5-3-2-4-6-7;/h5-6,14-15,22-23,25,29H,1,7-13,16-21,24,26-27H2,2-4H3;5,16,18-19,21H,1,3,6-15H2,2,4H3;3,6-8H,1,4-5H2,2H3;6H,2-5H2,1H3;/q-1;;;;+1. The van der Waals surface area contributed by atoms with Crippen LogP contribution in [0.25, 0.3) is 22.2 Å². The first kappa shape index (κ1) is 69.0. The molecule has 3 aromatic rings. The van der Waals surface area contributed by atoms with Crippen molar-refractivity contribution in [3.8, 4) is 11.3 Å². The van der Waals surface area contributed by atoms with E-state index in [0.717, 1.165) is 117 Å². The molecule has 6 aliphatic heterocycles. The van der Waals surface area contributed by atoms with E-state index < -0.39 is 12.7 Å². The average Bonchev–Trinajstić information content (AvgIpc) is 2.03. The Morgan fingerprint density at radius 2 is 1.54 bits per heavy atom. The Balaban J connectivity index is 0.000000217. The molecule has 2 aromatic heterocycles. The van der Waals surface area contributed by atoms with E-state index in [1.165, 1.54) is 128 Å². The molecule has 0 bridgehead atoms. The van der Waals surface area contributed by atoms with Gasteiger partial charge in [0.05, 0.1) is 6.04 Å². The second-order valence-corrected chi connectivity index (χ2v) is 27.5. The second-order valence-electron chi connectivity index (χ2n) is 27.5. The Bertz CT molecular complexity index is 2560. The number of hydrogen-bond acceptors (Lipinski definition) is 10. The summed E-state index contributed by atoms with van der Waals surface area (Å²) in [6, 6.07) is 10.3. The van der Waals surface area contributed by atoms with Crippen molar-refractivity contribution >= 4 is 22.3 Å². The third-order valence-electron chi connectivity index (χ3n) is 19.8. The number of fused-ring (bicyclic) bond motifs is 2. The van der Waals surface area contributed by atoms with Gasteiger partial charge in [-0.05, 0) is 190 Å². The fraction of sp³-hybridized carbons (Fsp3) is 0.686. The molecule has 4 unspecified atom stereocenters. The first-order valence-electron chi connectivity index (χ1n) is 33.0. The summed E-state index contributed by atoms with van der Waals surface area (Å²) in [5.41, 5.74) is 10.8. The second kappa shape index (κ2) is 32.3. The van der Waals surface area contributed by atoms with E-state index in [-0.39, 0.29) is 35.0 Å². The molecule has 1 aromatic carbocycles. The van der Waals surface area contributed by atoms with Crippen molar-refractivity contribution in [1.29, 1.82) is 0 Å². The maximum absolute atomic E-state index is 14.5. The fourth-order valence-electron chi connectivity index (χ4n) is 15.2. The maximum Gasteiger partial charge on any atom is 1.00 e. The molecule has 1 spiro atoms. The Morgan fingerprint density at radius 1 is 0.824 bits per heavy atom. The zero-order chi connectivity index (χ0) is 60.0. The van der Waals surface area contributed by atoms with Crippen molar-refractivity contribution < 1.29 is 42.7 Å². The first-order chi connectivity index (χ1) is 40.3. The molecule has 2 saturated carbocycles. The van der Waals surface area contributed by atoms with Gasteiger partial charge in [0.15, 0.2) is 0 Å². The van der Waals surface area contributed by atoms with E-state index in [1.807, 2.05) is 43.8 Å². The molecule has 11 rings (SSSR count). The van der Waals surface area contributed by atoms with E-state index in [0.29, 0.717) is 47.2 Å². The van der Waals surface area contributed by atoms with Crippen LogP contribution in [0.4, 0.5) is 24.5 Å². The monoisotopic (exact) mass is 1190 g/mol. The maximum atomic E-state index is 14.5. The number of anilines is 2. The number of nitrogens with one attached hydrogen (secondary N) is 3. The Kier molecular flexibility index (Phi) is 26.2. The fourth-order valence-corrected chi connectivity index (χ4v) is 15.2. The molecule has 85 heavy (non-hydrogen) atoms. The number of allylic oxidation sites excluding steroid dienone is 1. The van der Waals surface area contributed by atoms with Crippen molar-refractivity contribution in [3.05, 3.63) is 98.5 Å². The van der Waals surface area contributed by atoms with Gasteiger partial charge in [0.1, 0.15) is 6.54 Å². The summed E-state index contributed by atoms with van der Waals surface area (Å²) in [6.45, 7) is 39.1. The van der Waals surface area contributed by atoms with Crippen LogP contribution in [0, 0.1) is 29.1 Å². The number of piperidine rings is 3. The predicted octanol–water partition coefficient (Wildman–Crippen LogP) is 11.0. The van der Waals surface area contributed by atoms with E-state index in [9.17, 15) is 13.2 Å². The zero-order valence-electron chi connectivity index (χ0n) is 54.3. The topological polar surface area (TPSA) is 73.4 Å². The van der Waals surface area contributed by atoms with Crippen molar-refractivity contribution in [3.63, 3.8) is 0 Å². The predicted molar refractivity (Wildman–Crippen MR) is 349 cm³/mol. The molecule has 8 fully saturated rings. The molecule has 6 saturated heterocycles. The van der Waals surface area contributed by atoms with Gasteiger partial charge in [-0.25, -0.2) is 11.4 Å². The molecule has 2 aliphatic carbocycles. The SMILES string of the molecule is C=CC(C)NC(=C)C(C1CCCC1)N1CCCC2(CN(C)C2)C1.C=CCCC(C)(C)Cc1c(-c2cc(N3CCN4CCCCC4C3)cnc2[CH-]C)n(CC(F)(F)F)c2ccc(N3CCCCC3)cc12.C=CNC(C)C1CC1.CN1CCCCN1.[Na+]. The third kappa shape index (κ3) is 19.3. The minimum atomic E-state index is -4.37. The van der Waals surface area contributed by atoms with Gasteiger partial charge in [-0.3, -0.25) is 20.2 Å². The number of nitrogens with zero attached hydrogens (tertiary/aromatic N) is 8. The quantitative estimate of drug-likeness (QED) is 0.0614. The largest absolute Gasteiger partial charge is 1.00 e. The smallest absolute Gasteiger partial charge is 0.389 e. The average molecular weight is 1190 g/mol. The zero-order valence-corrected chi connectivity index (χ0v) is 56.3. The van der Waals surface area contributed by atoms with E-state index in [2.05, 4.69) is 126 Å². The minimum absolute atomic E-state index is 0. The van der Waals surface area contributed by atoms with Gasteiger partial charge < -0.3 is 29.9 Å². The molecule has 8 heterocycles. The third-order valence-corrected chi connectivity index (χ3v) is 19.8. The van der Waals surface area contributed by atoms with Crippen LogP contribution in [-0.4, -0.2) is 152 Å². The van der Waals surface area contributed by atoms with Crippen LogP contribution in [0.15, 0.2) is 80.8 Å². The van der Waals surface area contributed by atoms with Gasteiger partial charge >= 0.3 is 35.7 Å². The number of hydrazine groups is 1. The van der Waals surface area contributed by atoms with Gasteiger partial charge in [-0.2, -0.15) is 13.2 Å². The number of halogens is 3. The molecule has 4 atom stereocenters. The summed E-state index contributed by atoms with van der Waals surface area (Å²) in [5.74, 6) is 1.73. The van der Waals surface area contributed by atoms with Crippen LogP contribution in [0.2, 0.25) is 0 Å². The minimum Gasteiger partial charge on any atom is -0.389 e. The number of pyridine rings is 1. The molecule has 15 heteroatoms. The van der Waals surface area contributed by atoms with Crippen molar-refractivity contribution in [2.45, 2.75) is 194 Å². The molecule has 0 amide bonds. The molecular formula is C70H111F3N11Na. The number of benzene rings is 1. The van der Waals surface area contributed by atoms with Crippen LogP contribution >= 0.6 is 0 Å². The summed E-state index contributed by atoms with van der Waals surface area (Å²) in [5, 5.41) is 9.85. The normalized spacial score (nSPS) is 22.5. The molecule has 0 radical (unpaired) electrons. The number of piperazine rings is 1. The van der Waals surface area contributed by atoms with Crippen LogP contribution < -0.4 is 55.4 Å². The summed E-state index contributed by atoms with van der Waals surface area (Å²) in [6.07, 6.45) is 28.6. The van der Waals surface area contributed by atoms with Gasteiger partial charge in [0.25, 0.3) is 0 Å². The number of likely N-dealkylation sites (tertiary alicyclic amines) is 2. The molecular weight excluding hydrogens is 1070 g/mol. The van der Waals surface area contributed by atoms with Gasteiger partial charge in [-0.1, -0.05) is 64.1 Å². The van der Waals surface area contributed by atoms with Gasteiger partial charge in [-0.15, -0.1) is 31.7 Å². The van der Waals surface area contributed by atoms with E-state index in [4.69, 9.17) is 4.98 Å². The molecule has 8 aliphatic rings. The number of alkyl halides is 3. The van der Waals surface area contributed by atoms with Crippen LogP contribution in [-0.2, 0) is 13.0 Å². The Labute approximate surface area is 535 Å². The number of rotatable bonds is 19. The summed E-state index contributed by atoms with van der Waals surface area (Å²) >= 11 is 0. The van der Waals surface area contributed by atoms with E-state index >= 15 is 0 Å². The van der Waals surface area contributed by atoms with Crippen LogP contribution in [0.3, 0.4) is 0 Å². The first-order valence-corrected chi connectivity index (χ1v) is 33.0. The number of hydrogen-bond donors (Lipinski definition) is 3. The summed E-state index contributed by atoms with van der Waals surface area (Å²) in [7, 11) is 4.34. The summed E-state index contributed by atoms with van der Waals surface area (Å²) in [4.78, 5) is 17.6. The van der Waals surface area contributed by atoms with Crippen LogP contribution in [0.5, 0.6) is 0 Å². The van der Waals surface area contributed by atoms with Crippen molar-refractivity contribution in [2.75, 3.05) is 102 Å². The molecule has 468 valence electrons. The van der Waals surface area contributed by atoms with Crippen molar-refractivity contribution in [1.82, 2.24) is 45.3 Å². The van der Waals surface area contributed by atoms with Crippen molar-refractivity contribution in [2.24, 2.45) is 22.7 Å². The molecule has 11 nitrogen and oxygen atoms in total. The van der Waals surface area contributed by atoms with Gasteiger partial charge in [0.2, 0.25) is 0 Å². The Hall–Kier alpha value is -3.47.